The van der Waals surface area contributed by atoms with Crippen molar-refractivity contribution in [2.75, 3.05) is 18.4 Å². The van der Waals surface area contributed by atoms with Crippen molar-refractivity contribution in [3.8, 4) is 0 Å². The Morgan fingerprint density at radius 2 is 2.25 bits per heavy atom. The lowest BCUT2D eigenvalue weighted by Gasteiger charge is -2.23. The van der Waals surface area contributed by atoms with Gasteiger partial charge in [-0.1, -0.05) is 16.4 Å². The van der Waals surface area contributed by atoms with Crippen LogP contribution in [0.4, 0.5) is 5.69 Å². The largest absolute Gasteiger partial charge is 0.480 e. The first-order chi connectivity index (χ1) is 11.6. The second-order valence-electron chi connectivity index (χ2n) is 5.72. The van der Waals surface area contributed by atoms with E-state index in [-0.39, 0.29) is 18.5 Å². The van der Waals surface area contributed by atoms with Crippen LogP contribution in [0.25, 0.3) is 0 Å². The van der Waals surface area contributed by atoms with Crippen molar-refractivity contribution in [1.82, 2.24) is 15.2 Å². The number of likely N-dealkylation sites (tertiary alicyclic amines) is 1. The molecule has 0 aliphatic carbocycles. The monoisotopic (exact) mass is 330 g/mol. The lowest BCUT2D eigenvalue weighted by Crippen LogP contribution is -2.31. The minimum Gasteiger partial charge on any atom is -0.480 e. The summed E-state index contributed by atoms with van der Waals surface area (Å²) in [6.45, 7) is 2.25. The van der Waals surface area contributed by atoms with E-state index in [0.29, 0.717) is 29.2 Å². The Morgan fingerprint density at radius 3 is 2.96 bits per heavy atom. The first-order valence-corrected chi connectivity index (χ1v) is 7.72. The van der Waals surface area contributed by atoms with Crippen molar-refractivity contribution in [2.45, 2.75) is 25.8 Å². The molecule has 2 heterocycles. The summed E-state index contributed by atoms with van der Waals surface area (Å²) in [6.07, 6.45) is 1.71. The van der Waals surface area contributed by atoms with Crippen molar-refractivity contribution in [3.63, 3.8) is 0 Å². The van der Waals surface area contributed by atoms with E-state index in [1.54, 1.807) is 29.2 Å². The van der Waals surface area contributed by atoms with Crippen LogP contribution in [0.15, 0.2) is 28.9 Å². The summed E-state index contributed by atoms with van der Waals surface area (Å²) in [6, 6.07) is 6.70. The van der Waals surface area contributed by atoms with Gasteiger partial charge in [-0.15, -0.1) is 0 Å². The summed E-state index contributed by atoms with van der Waals surface area (Å²) in [4.78, 5) is 25.3. The van der Waals surface area contributed by atoms with E-state index >= 15 is 0 Å². The fourth-order valence-corrected chi connectivity index (χ4v) is 2.94. The molecule has 0 saturated carbocycles. The van der Waals surface area contributed by atoms with Gasteiger partial charge in [0.1, 0.15) is 17.9 Å². The summed E-state index contributed by atoms with van der Waals surface area (Å²) in [5.74, 6) is -1.07. The molecule has 24 heavy (non-hydrogen) atoms. The van der Waals surface area contributed by atoms with E-state index in [1.165, 1.54) is 0 Å². The molecule has 8 heteroatoms. The van der Waals surface area contributed by atoms with Crippen molar-refractivity contribution in [2.24, 2.45) is 0 Å². The fourth-order valence-electron chi connectivity index (χ4n) is 2.94. The Bertz CT molecular complexity index is 758. The van der Waals surface area contributed by atoms with Gasteiger partial charge < -0.3 is 15.3 Å². The predicted octanol–water partition coefficient (Wildman–Crippen LogP) is 1.85. The van der Waals surface area contributed by atoms with Crippen LogP contribution < -0.4 is 5.32 Å². The summed E-state index contributed by atoms with van der Waals surface area (Å²) < 4.78 is 4.76. The van der Waals surface area contributed by atoms with Gasteiger partial charge in [0.2, 0.25) is 0 Å². The molecule has 3 rings (SSSR count). The molecule has 8 nitrogen and oxygen atoms in total. The molecule has 1 aromatic carbocycles. The molecule has 0 unspecified atom stereocenters. The molecule has 0 spiro atoms. The lowest BCUT2D eigenvalue weighted by atomic mass is 10.1. The highest BCUT2D eigenvalue weighted by atomic mass is 16.6. The number of carboxylic acids is 1. The molecule has 1 amide bonds. The Morgan fingerprint density at radius 1 is 1.42 bits per heavy atom. The Hall–Kier alpha value is -2.90. The number of amides is 1. The Balaban J connectivity index is 1.79. The highest BCUT2D eigenvalue weighted by Crippen LogP contribution is 2.33. The van der Waals surface area contributed by atoms with Gasteiger partial charge in [0.05, 0.1) is 6.04 Å². The number of hydrogen-bond acceptors (Lipinski definition) is 6. The maximum Gasteiger partial charge on any atom is 0.322 e. The molecule has 1 aliphatic rings. The third-order valence-electron chi connectivity index (χ3n) is 4.07. The second-order valence-corrected chi connectivity index (χ2v) is 5.72. The summed E-state index contributed by atoms with van der Waals surface area (Å²) in [5.41, 5.74) is 2.49. The number of anilines is 1. The number of aliphatic carboxylic acids is 1. The van der Waals surface area contributed by atoms with Crippen LogP contribution in [0, 0.1) is 6.92 Å². The fraction of sp³-hybridized carbons (Fsp3) is 0.375. The zero-order chi connectivity index (χ0) is 17.1. The summed E-state index contributed by atoms with van der Waals surface area (Å²) in [5, 5.41) is 19.2. The zero-order valence-corrected chi connectivity index (χ0v) is 13.2. The van der Waals surface area contributed by atoms with Crippen LogP contribution in [0.1, 0.15) is 40.6 Å². The normalized spacial score (nSPS) is 17.0. The molecule has 126 valence electrons. The van der Waals surface area contributed by atoms with Gasteiger partial charge in [0.15, 0.2) is 0 Å². The quantitative estimate of drug-likeness (QED) is 0.861. The van der Waals surface area contributed by atoms with E-state index in [1.807, 2.05) is 6.92 Å². The van der Waals surface area contributed by atoms with Crippen molar-refractivity contribution < 1.29 is 19.3 Å². The number of aromatic nitrogens is 2. The highest BCUT2D eigenvalue weighted by Gasteiger charge is 2.34. The third kappa shape index (κ3) is 3.22. The van der Waals surface area contributed by atoms with Gasteiger partial charge in [0, 0.05) is 17.8 Å². The molecular weight excluding hydrogens is 312 g/mol. The number of nitrogens with zero attached hydrogens (tertiary/aromatic N) is 3. The van der Waals surface area contributed by atoms with E-state index in [9.17, 15) is 9.59 Å². The Kier molecular flexibility index (Phi) is 4.45. The van der Waals surface area contributed by atoms with Gasteiger partial charge in [-0.3, -0.25) is 9.59 Å². The molecule has 1 aromatic heterocycles. The molecule has 1 atom stereocenters. The molecule has 2 N–H and O–H groups in total. The third-order valence-corrected chi connectivity index (χ3v) is 4.07. The number of carbonyl (C=O) groups is 2. The molecule has 0 radical (unpaired) electrons. The SMILES string of the molecule is Cc1nonc1[C@H]1CCCN1C(=O)c1cccc(NCC(=O)O)c1. The predicted molar refractivity (Wildman–Crippen MR) is 84.6 cm³/mol. The summed E-state index contributed by atoms with van der Waals surface area (Å²) in [7, 11) is 0. The minimum atomic E-state index is -0.958. The molecular formula is C16H18N4O4. The molecule has 1 fully saturated rings. The van der Waals surface area contributed by atoms with Crippen LogP contribution in [-0.4, -0.2) is 45.3 Å². The number of carboxylic acid groups (broad SMARTS) is 1. The number of carbonyl (C=O) groups excluding carboxylic acids is 1. The number of nitrogens with one attached hydrogen (secondary N) is 1. The van der Waals surface area contributed by atoms with Crippen LogP contribution in [0.5, 0.6) is 0 Å². The number of benzene rings is 1. The molecule has 1 saturated heterocycles. The van der Waals surface area contributed by atoms with Gasteiger partial charge in [-0.05, 0) is 38.0 Å². The topological polar surface area (TPSA) is 109 Å². The van der Waals surface area contributed by atoms with E-state index < -0.39 is 5.97 Å². The zero-order valence-electron chi connectivity index (χ0n) is 13.2. The van der Waals surface area contributed by atoms with Crippen molar-refractivity contribution >= 4 is 17.6 Å². The van der Waals surface area contributed by atoms with E-state index in [4.69, 9.17) is 9.74 Å². The first-order valence-electron chi connectivity index (χ1n) is 7.72. The number of aryl methyl sites for hydroxylation is 1. The van der Waals surface area contributed by atoms with E-state index in [0.717, 1.165) is 12.8 Å². The average Bonchev–Trinajstić information content (AvgIpc) is 3.20. The molecule has 1 aliphatic heterocycles. The van der Waals surface area contributed by atoms with Crippen LogP contribution in [0.3, 0.4) is 0 Å². The lowest BCUT2D eigenvalue weighted by molar-refractivity contribution is -0.134. The average molecular weight is 330 g/mol. The van der Waals surface area contributed by atoms with Gasteiger partial charge >= 0.3 is 5.97 Å². The standard InChI is InChI=1S/C16H18N4O4/c1-10-15(19-24-18-10)13-6-3-7-20(13)16(23)11-4-2-5-12(8-11)17-9-14(21)22/h2,4-5,8,13,17H,3,6-7,9H2,1H3,(H,21,22)/t13-/m1/s1. The van der Waals surface area contributed by atoms with Crippen LogP contribution in [-0.2, 0) is 4.79 Å². The molecule has 0 bridgehead atoms. The maximum absolute atomic E-state index is 12.9. The number of rotatable bonds is 5. The van der Waals surface area contributed by atoms with Crippen molar-refractivity contribution in [1.29, 1.82) is 0 Å². The van der Waals surface area contributed by atoms with Crippen LogP contribution >= 0.6 is 0 Å². The van der Waals surface area contributed by atoms with E-state index in [2.05, 4.69) is 15.6 Å². The maximum atomic E-state index is 12.9. The van der Waals surface area contributed by atoms with Gasteiger partial charge in [0.25, 0.3) is 5.91 Å². The smallest absolute Gasteiger partial charge is 0.322 e. The van der Waals surface area contributed by atoms with Crippen LogP contribution in [0.2, 0.25) is 0 Å². The Labute approximate surface area is 138 Å². The first kappa shape index (κ1) is 16.0. The van der Waals surface area contributed by atoms with Crippen molar-refractivity contribution in [3.05, 3.63) is 41.2 Å². The van der Waals surface area contributed by atoms with Gasteiger partial charge in [-0.2, -0.15) is 0 Å². The highest BCUT2D eigenvalue weighted by molar-refractivity contribution is 5.95. The summed E-state index contributed by atoms with van der Waals surface area (Å²) >= 11 is 0. The minimum absolute atomic E-state index is 0.112. The second kappa shape index (κ2) is 6.69. The molecule has 2 aromatic rings. The van der Waals surface area contributed by atoms with Gasteiger partial charge in [-0.25, -0.2) is 4.63 Å². The number of hydrogen-bond donors (Lipinski definition) is 2.